The van der Waals surface area contributed by atoms with Crippen LogP contribution >= 0.6 is 23.2 Å². The van der Waals surface area contributed by atoms with Crippen LogP contribution in [-0.4, -0.2) is 22.8 Å². The Morgan fingerprint density at radius 2 is 2.25 bits per heavy atom. The predicted octanol–water partition coefficient (Wildman–Crippen LogP) is 3.22. The first-order chi connectivity index (χ1) is 9.66. The van der Waals surface area contributed by atoms with Crippen LogP contribution in [0.5, 0.6) is 0 Å². The van der Waals surface area contributed by atoms with Crippen molar-refractivity contribution >= 4 is 23.2 Å². The molecule has 2 aromatic rings. The molecule has 0 amide bonds. The second-order valence-electron chi connectivity index (χ2n) is 4.93. The van der Waals surface area contributed by atoms with Crippen LogP contribution in [0.25, 0.3) is 5.69 Å². The number of ether oxygens (including phenoxy) is 1. The number of hydrogen-bond donors (Lipinski definition) is 1. The van der Waals surface area contributed by atoms with E-state index in [1.807, 2.05) is 10.6 Å². The van der Waals surface area contributed by atoms with Crippen LogP contribution in [0.4, 0.5) is 0 Å². The van der Waals surface area contributed by atoms with Gasteiger partial charge in [0.15, 0.2) is 0 Å². The van der Waals surface area contributed by atoms with Crippen molar-refractivity contribution in [1.82, 2.24) is 9.55 Å². The quantitative estimate of drug-likeness (QED) is 0.947. The number of rotatable bonds is 3. The summed E-state index contributed by atoms with van der Waals surface area (Å²) < 4.78 is 7.31. The second kappa shape index (κ2) is 5.74. The van der Waals surface area contributed by atoms with Crippen molar-refractivity contribution in [3.8, 4) is 5.69 Å². The Bertz CT molecular complexity index is 608. The van der Waals surface area contributed by atoms with E-state index in [1.165, 1.54) is 0 Å². The molecular formula is C14H15Cl2N3O. The van der Waals surface area contributed by atoms with E-state index in [9.17, 15) is 0 Å². The molecule has 3 rings (SSSR count). The lowest BCUT2D eigenvalue weighted by Crippen LogP contribution is -2.24. The highest BCUT2D eigenvalue weighted by Gasteiger charge is 2.27. The van der Waals surface area contributed by atoms with Crippen molar-refractivity contribution in [3.63, 3.8) is 0 Å². The molecule has 1 aliphatic rings. The van der Waals surface area contributed by atoms with Crippen molar-refractivity contribution in [1.29, 1.82) is 0 Å². The monoisotopic (exact) mass is 311 g/mol. The molecule has 106 valence electrons. The van der Waals surface area contributed by atoms with Gasteiger partial charge in [-0.1, -0.05) is 23.2 Å². The Kier molecular flexibility index (Phi) is 3.98. The average Bonchev–Trinajstić information content (AvgIpc) is 3.11. The van der Waals surface area contributed by atoms with E-state index >= 15 is 0 Å². The highest BCUT2D eigenvalue weighted by molar-refractivity contribution is 6.34. The molecule has 20 heavy (non-hydrogen) atoms. The Morgan fingerprint density at radius 1 is 1.40 bits per heavy atom. The van der Waals surface area contributed by atoms with Crippen molar-refractivity contribution < 1.29 is 4.74 Å². The first-order valence-electron chi connectivity index (χ1n) is 6.48. The first kappa shape index (κ1) is 13.9. The molecule has 4 nitrogen and oxygen atoms in total. The normalized spacial score (nSPS) is 20.2. The number of hydrogen-bond acceptors (Lipinski definition) is 3. The maximum Gasteiger partial charge on any atom is 0.0995 e. The number of aromatic nitrogens is 2. The smallest absolute Gasteiger partial charge is 0.0995 e. The van der Waals surface area contributed by atoms with Crippen LogP contribution in [0, 0.1) is 5.92 Å². The second-order valence-corrected chi connectivity index (χ2v) is 5.78. The molecule has 1 aromatic carbocycles. The maximum absolute atomic E-state index is 6.35. The highest BCUT2D eigenvalue weighted by Crippen LogP contribution is 2.31. The van der Waals surface area contributed by atoms with Crippen LogP contribution in [-0.2, 0) is 4.74 Å². The van der Waals surface area contributed by atoms with Gasteiger partial charge in [0.05, 0.1) is 41.6 Å². The third-order valence-corrected chi connectivity index (χ3v) is 4.20. The summed E-state index contributed by atoms with van der Waals surface area (Å²) in [6, 6.07) is 5.21. The van der Waals surface area contributed by atoms with E-state index in [4.69, 9.17) is 33.7 Å². The summed E-state index contributed by atoms with van der Waals surface area (Å²) in [6.45, 7) is 1.46. The summed E-state index contributed by atoms with van der Waals surface area (Å²) in [7, 11) is 0. The lowest BCUT2D eigenvalue weighted by molar-refractivity contribution is 0.180. The van der Waals surface area contributed by atoms with Gasteiger partial charge in [-0.2, -0.15) is 0 Å². The van der Waals surface area contributed by atoms with Crippen molar-refractivity contribution in [3.05, 3.63) is 46.5 Å². The molecule has 2 unspecified atom stereocenters. The summed E-state index contributed by atoms with van der Waals surface area (Å²) in [4.78, 5) is 4.20. The average molecular weight is 312 g/mol. The Labute approximate surface area is 127 Å². The fourth-order valence-corrected chi connectivity index (χ4v) is 2.88. The Hall–Kier alpha value is -1.07. The van der Waals surface area contributed by atoms with Gasteiger partial charge in [0, 0.05) is 17.5 Å². The van der Waals surface area contributed by atoms with Crippen LogP contribution in [0.15, 0.2) is 30.7 Å². The molecule has 1 aliphatic heterocycles. The van der Waals surface area contributed by atoms with Crippen LogP contribution in [0.1, 0.15) is 18.2 Å². The summed E-state index contributed by atoms with van der Waals surface area (Å²) in [6.07, 6.45) is 4.46. The minimum absolute atomic E-state index is 0.130. The highest BCUT2D eigenvalue weighted by atomic mass is 35.5. The minimum atomic E-state index is -0.130. The van der Waals surface area contributed by atoms with Crippen molar-refractivity contribution in [2.24, 2.45) is 11.7 Å². The van der Waals surface area contributed by atoms with Crippen LogP contribution in [0.3, 0.4) is 0 Å². The molecule has 0 bridgehead atoms. The lowest BCUT2D eigenvalue weighted by atomic mass is 9.97. The molecule has 2 atom stereocenters. The molecule has 0 radical (unpaired) electrons. The fourth-order valence-electron chi connectivity index (χ4n) is 2.50. The molecular weight excluding hydrogens is 297 g/mol. The van der Waals surface area contributed by atoms with Crippen LogP contribution < -0.4 is 5.73 Å². The number of nitrogens with zero attached hydrogens (tertiary/aromatic N) is 2. The third-order valence-electron chi connectivity index (χ3n) is 3.65. The van der Waals surface area contributed by atoms with Gasteiger partial charge in [-0.25, -0.2) is 4.98 Å². The Morgan fingerprint density at radius 3 is 3.00 bits per heavy atom. The zero-order valence-electron chi connectivity index (χ0n) is 10.8. The zero-order valence-corrected chi connectivity index (χ0v) is 12.3. The largest absolute Gasteiger partial charge is 0.381 e. The summed E-state index contributed by atoms with van der Waals surface area (Å²) in [5, 5.41) is 1.24. The molecule has 2 N–H and O–H groups in total. The summed E-state index contributed by atoms with van der Waals surface area (Å²) in [5.74, 6) is 0.309. The Balaban J connectivity index is 1.99. The van der Waals surface area contributed by atoms with E-state index in [0.717, 1.165) is 24.4 Å². The van der Waals surface area contributed by atoms with Crippen LogP contribution in [0.2, 0.25) is 10.0 Å². The van der Waals surface area contributed by atoms with Gasteiger partial charge in [-0.15, -0.1) is 0 Å². The van der Waals surface area contributed by atoms with Gasteiger partial charge in [0.1, 0.15) is 0 Å². The number of imidazole rings is 1. The number of nitrogens with two attached hydrogens (primary N) is 1. The van der Waals surface area contributed by atoms with Crippen molar-refractivity contribution in [2.75, 3.05) is 13.2 Å². The van der Waals surface area contributed by atoms with Crippen molar-refractivity contribution in [2.45, 2.75) is 12.5 Å². The topological polar surface area (TPSA) is 53.1 Å². The van der Waals surface area contributed by atoms with Gasteiger partial charge in [-0.3, -0.25) is 0 Å². The van der Waals surface area contributed by atoms with E-state index in [0.29, 0.717) is 22.6 Å². The summed E-state index contributed by atoms with van der Waals surface area (Å²) in [5.41, 5.74) is 8.07. The molecule has 0 aliphatic carbocycles. The van der Waals surface area contributed by atoms with Gasteiger partial charge >= 0.3 is 0 Å². The molecule has 2 heterocycles. The first-order valence-corrected chi connectivity index (χ1v) is 7.23. The summed E-state index contributed by atoms with van der Waals surface area (Å²) >= 11 is 12.3. The third kappa shape index (κ3) is 2.56. The number of halogens is 2. The molecule has 1 aromatic heterocycles. The van der Waals surface area contributed by atoms with Gasteiger partial charge < -0.3 is 15.0 Å². The standard InChI is InChI=1S/C14H15Cl2N3O/c15-10-1-2-11(16)12(5-10)19-8-18-6-13(19)14(17)9-3-4-20-7-9/h1-2,5-6,8-9,14H,3-4,7,17H2. The maximum atomic E-state index is 6.35. The molecule has 1 saturated heterocycles. The SMILES string of the molecule is NC(c1cncn1-c1cc(Cl)ccc1Cl)C1CCOC1. The lowest BCUT2D eigenvalue weighted by Gasteiger charge is -2.20. The number of benzene rings is 1. The van der Waals surface area contributed by atoms with Gasteiger partial charge in [0.2, 0.25) is 0 Å². The van der Waals surface area contributed by atoms with E-state index in [2.05, 4.69) is 4.98 Å². The zero-order chi connectivity index (χ0) is 14.1. The minimum Gasteiger partial charge on any atom is -0.381 e. The molecule has 0 saturated carbocycles. The molecule has 0 spiro atoms. The van der Waals surface area contributed by atoms with Gasteiger partial charge in [-0.05, 0) is 24.6 Å². The fraction of sp³-hybridized carbons (Fsp3) is 0.357. The predicted molar refractivity (Wildman–Crippen MR) is 79.4 cm³/mol. The molecule has 6 heteroatoms. The van der Waals surface area contributed by atoms with E-state index in [1.54, 1.807) is 24.7 Å². The molecule has 1 fully saturated rings. The van der Waals surface area contributed by atoms with Gasteiger partial charge in [0.25, 0.3) is 0 Å². The van der Waals surface area contributed by atoms with E-state index in [-0.39, 0.29) is 6.04 Å². The van der Waals surface area contributed by atoms with E-state index < -0.39 is 0 Å².